The van der Waals surface area contributed by atoms with Crippen LogP contribution in [-0.4, -0.2) is 47.8 Å². The van der Waals surface area contributed by atoms with Gasteiger partial charge in [-0.15, -0.1) is 0 Å². The van der Waals surface area contributed by atoms with Gasteiger partial charge in [-0.2, -0.15) is 5.10 Å². The van der Waals surface area contributed by atoms with Crippen molar-refractivity contribution >= 4 is 47.0 Å². The molecule has 0 radical (unpaired) electrons. The number of nitrogens with one attached hydrogen (secondary N) is 3. The number of H-pyrrole nitrogens is 1. The fourth-order valence-corrected chi connectivity index (χ4v) is 4.49. The van der Waals surface area contributed by atoms with Gasteiger partial charge in [0.2, 0.25) is 12.3 Å². The zero-order chi connectivity index (χ0) is 28.9. The van der Waals surface area contributed by atoms with Crippen LogP contribution in [0.2, 0.25) is 5.02 Å². The average molecular weight is 561 g/mol. The van der Waals surface area contributed by atoms with Crippen LogP contribution in [0.3, 0.4) is 0 Å². The van der Waals surface area contributed by atoms with Gasteiger partial charge in [0.05, 0.1) is 17.0 Å². The molecule has 3 atom stereocenters. The Balaban J connectivity index is 0.000000210. The number of benzene rings is 2. The van der Waals surface area contributed by atoms with Crippen molar-refractivity contribution in [3.63, 3.8) is 0 Å². The van der Waals surface area contributed by atoms with E-state index in [4.69, 9.17) is 23.1 Å². The van der Waals surface area contributed by atoms with Crippen molar-refractivity contribution in [2.75, 3.05) is 7.05 Å². The number of nitrogens with two attached hydrogens (primary N) is 2. The Labute approximate surface area is 231 Å². The first-order chi connectivity index (χ1) is 18.6. The Kier molecular flexibility index (Phi) is 12.5. The largest absolute Gasteiger partial charge is 0.369 e. The number of hydrogen-bond acceptors (Lipinski definition) is 6. The number of rotatable bonds is 9. The molecule has 0 saturated heterocycles. The zero-order valence-electron chi connectivity index (χ0n) is 21.9. The Morgan fingerprint density at radius 1 is 1.23 bits per heavy atom. The van der Waals surface area contributed by atoms with Crippen molar-refractivity contribution in [2.24, 2.45) is 23.3 Å². The molecule has 1 heterocycles. The van der Waals surface area contributed by atoms with Crippen molar-refractivity contribution in [1.29, 1.82) is 0 Å². The lowest BCUT2D eigenvalue weighted by molar-refractivity contribution is -0.117. The lowest BCUT2D eigenvalue weighted by atomic mass is 9.94. The fourth-order valence-electron chi connectivity index (χ4n) is 4.29. The summed E-state index contributed by atoms with van der Waals surface area (Å²) in [7, 11) is 1.76. The van der Waals surface area contributed by atoms with Gasteiger partial charge in [0.25, 0.3) is 5.91 Å². The molecule has 1 fully saturated rings. The third kappa shape index (κ3) is 9.45. The molecule has 1 aliphatic rings. The van der Waals surface area contributed by atoms with E-state index in [0.29, 0.717) is 35.0 Å². The number of carbonyl (C=O) groups is 4. The number of amides is 3. The molecule has 1 saturated carbocycles. The highest BCUT2D eigenvalue weighted by Gasteiger charge is 2.27. The highest BCUT2D eigenvalue weighted by atomic mass is 35.5. The number of aromatic amines is 1. The molecular formula is C27H34ClFN6O4. The standard InChI is InChI=1S/C10H10N4O2.C9H15NO2.C8H9ClFN/c11-8(15)4-5-1-2-6-7(3-5)13-14-9(6)10(12)16;1-7(5-11)8-2-3-9(4-8)10-6-12;1-11-5-6-3-2-4-7(9)8(6)10/h1-3H,4H2,(H2,11,15)(H2,12,16)(H,13,14);5-9H,2-4H2,1H3,(H,10,12);2-4,11H,5H2,1H3. The average Bonchev–Trinajstić information content (AvgIpc) is 3.54. The van der Waals surface area contributed by atoms with Crippen molar-refractivity contribution in [3.05, 3.63) is 64.1 Å². The maximum Gasteiger partial charge on any atom is 0.269 e. The fraction of sp³-hybridized carbons (Fsp3) is 0.370. The molecule has 0 spiro atoms. The van der Waals surface area contributed by atoms with Gasteiger partial charge < -0.3 is 26.9 Å². The lowest BCUT2D eigenvalue weighted by Crippen LogP contribution is -2.25. The maximum absolute atomic E-state index is 13.0. The van der Waals surface area contributed by atoms with E-state index in [1.807, 2.05) is 6.92 Å². The Hall–Kier alpha value is -3.83. The third-order valence-electron chi connectivity index (χ3n) is 6.37. The van der Waals surface area contributed by atoms with Crippen LogP contribution in [0.4, 0.5) is 4.39 Å². The summed E-state index contributed by atoms with van der Waals surface area (Å²) in [6, 6.07) is 10.4. The summed E-state index contributed by atoms with van der Waals surface area (Å²) in [6.07, 6.45) is 4.94. The smallest absolute Gasteiger partial charge is 0.269 e. The monoisotopic (exact) mass is 560 g/mol. The lowest BCUT2D eigenvalue weighted by Gasteiger charge is -2.12. The minimum atomic E-state index is -0.589. The number of fused-ring (bicyclic) bond motifs is 1. The Morgan fingerprint density at radius 2 is 1.97 bits per heavy atom. The van der Waals surface area contributed by atoms with E-state index in [0.717, 1.165) is 37.5 Å². The molecule has 3 amide bonds. The molecule has 0 aliphatic heterocycles. The first-order valence-electron chi connectivity index (χ1n) is 12.4. The Morgan fingerprint density at radius 3 is 2.59 bits per heavy atom. The van der Waals surface area contributed by atoms with Gasteiger partial charge in [0.1, 0.15) is 12.1 Å². The number of primary amides is 2. The van der Waals surface area contributed by atoms with Crippen LogP contribution < -0.4 is 22.1 Å². The van der Waals surface area contributed by atoms with Crippen molar-refractivity contribution in [3.8, 4) is 0 Å². The number of nitrogens with zero attached hydrogens (tertiary/aromatic N) is 1. The summed E-state index contributed by atoms with van der Waals surface area (Å²) in [4.78, 5) is 42.3. The van der Waals surface area contributed by atoms with E-state index in [2.05, 4.69) is 20.8 Å². The molecule has 3 aromatic rings. The second-order valence-electron chi connectivity index (χ2n) is 9.25. The number of aldehydes is 1. The second-order valence-corrected chi connectivity index (χ2v) is 9.66. The van der Waals surface area contributed by atoms with Gasteiger partial charge in [-0.25, -0.2) is 4.39 Å². The summed E-state index contributed by atoms with van der Waals surface area (Å²) in [6.45, 7) is 2.45. The predicted octanol–water partition coefficient (Wildman–Crippen LogP) is 2.62. The van der Waals surface area contributed by atoms with E-state index >= 15 is 0 Å². The molecule has 210 valence electrons. The summed E-state index contributed by atoms with van der Waals surface area (Å²) in [5.74, 6) is -0.713. The summed E-state index contributed by atoms with van der Waals surface area (Å²) < 4.78 is 13.0. The van der Waals surface area contributed by atoms with Gasteiger partial charge >= 0.3 is 0 Å². The van der Waals surface area contributed by atoms with Crippen LogP contribution in [0.1, 0.15) is 47.8 Å². The molecule has 1 aromatic heterocycles. The summed E-state index contributed by atoms with van der Waals surface area (Å²) >= 11 is 5.55. The third-order valence-corrected chi connectivity index (χ3v) is 6.66. The normalized spacial score (nSPS) is 16.7. The van der Waals surface area contributed by atoms with Gasteiger partial charge in [0, 0.05) is 29.5 Å². The quantitative estimate of drug-likeness (QED) is 0.251. The molecule has 2 aromatic carbocycles. The number of carbonyl (C=O) groups excluding carboxylic acids is 4. The summed E-state index contributed by atoms with van der Waals surface area (Å²) in [5, 5.41) is 12.9. The predicted molar refractivity (Wildman–Crippen MR) is 147 cm³/mol. The molecule has 0 bridgehead atoms. The highest BCUT2D eigenvalue weighted by molar-refractivity contribution is 6.30. The van der Waals surface area contributed by atoms with Crippen LogP contribution >= 0.6 is 11.6 Å². The molecule has 3 unspecified atom stereocenters. The van der Waals surface area contributed by atoms with Gasteiger partial charge in [-0.05, 0) is 49.9 Å². The number of hydrogen-bond donors (Lipinski definition) is 5. The Bertz CT molecular complexity index is 1280. The van der Waals surface area contributed by atoms with Crippen LogP contribution in [0, 0.1) is 17.7 Å². The molecule has 39 heavy (non-hydrogen) atoms. The molecule has 7 N–H and O–H groups in total. The van der Waals surface area contributed by atoms with Crippen molar-refractivity contribution in [1.82, 2.24) is 20.8 Å². The second kappa shape index (κ2) is 15.6. The molecule has 12 heteroatoms. The van der Waals surface area contributed by atoms with Crippen LogP contribution in [0.25, 0.3) is 10.9 Å². The molecule has 1 aliphatic carbocycles. The van der Waals surface area contributed by atoms with E-state index in [-0.39, 0.29) is 28.9 Å². The van der Waals surface area contributed by atoms with Gasteiger partial charge in [0.15, 0.2) is 5.69 Å². The van der Waals surface area contributed by atoms with Gasteiger partial charge in [-0.3, -0.25) is 19.5 Å². The topological polar surface area (TPSA) is 173 Å². The van der Waals surface area contributed by atoms with E-state index in [9.17, 15) is 23.6 Å². The van der Waals surface area contributed by atoms with Crippen molar-refractivity contribution < 1.29 is 23.6 Å². The number of aromatic nitrogens is 2. The van der Waals surface area contributed by atoms with Crippen molar-refractivity contribution in [2.45, 2.75) is 45.2 Å². The van der Waals surface area contributed by atoms with Crippen LogP contribution in [0.5, 0.6) is 0 Å². The number of halogens is 2. The maximum atomic E-state index is 13.0. The minimum absolute atomic E-state index is 0.142. The van der Waals surface area contributed by atoms with E-state index < -0.39 is 11.8 Å². The summed E-state index contributed by atoms with van der Waals surface area (Å²) in [5.41, 5.74) is 12.4. The zero-order valence-corrected chi connectivity index (χ0v) is 22.6. The van der Waals surface area contributed by atoms with Crippen LogP contribution in [0.15, 0.2) is 36.4 Å². The first kappa shape index (κ1) is 31.4. The SMILES string of the molecule is CC(C=O)C1CCC(NC=O)C1.CNCc1cccc(Cl)c1F.NC(=O)Cc1ccc2c(C(N)=O)n[nH]c2c1. The molecule has 4 rings (SSSR count). The van der Waals surface area contributed by atoms with E-state index in [1.165, 1.54) is 6.07 Å². The minimum Gasteiger partial charge on any atom is -0.369 e. The first-order valence-corrected chi connectivity index (χ1v) is 12.8. The van der Waals surface area contributed by atoms with Gasteiger partial charge in [-0.1, -0.05) is 42.8 Å². The highest BCUT2D eigenvalue weighted by Crippen LogP contribution is 2.30. The molecular weight excluding hydrogens is 527 g/mol. The van der Waals surface area contributed by atoms with E-state index in [1.54, 1.807) is 37.4 Å². The molecule has 10 nitrogen and oxygen atoms in total. The van der Waals surface area contributed by atoms with Crippen LogP contribution in [-0.2, 0) is 27.3 Å².